The lowest BCUT2D eigenvalue weighted by Crippen LogP contribution is -2.12. The van der Waals surface area contributed by atoms with Crippen molar-refractivity contribution in [1.82, 2.24) is 10.5 Å². The average molecular weight is 244 g/mol. The van der Waals surface area contributed by atoms with Gasteiger partial charge in [0, 0.05) is 23.9 Å². The number of rotatable bonds is 4. The molecule has 0 saturated carbocycles. The fourth-order valence-electron chi connectivity index (χ4n) is 1.82. The highest BCUT2D eigenvalue weighted by atomic mass is 32.1. The van der Waals surface area contributed by atoms with Crippen molar-refractivity contribution < 1.29 is 4.52 Å². The van der Waals surface area contributed by atoms with E-state index in [4.69, 9.17) is 4.52 Å². The van der Waals surface area contributed by atoms with E-state index >= 15 is 0 Å². The Kier molecular flexibility index (Phi) is 2.90. The number of aromatic nitrogens is 1. The molecule has 0 saturated heterocycles. The van der Waals surface area contributed by atoms with Gasteiger partial charge in [0.25, 0.3) is 0 Å². The van der Waals surface area contributed by atoms with Gasteiger partial charge in [-0.25, -0.2) is 0 Å². The Morgan fingerprint density at radius 3 is 3.00 bits per heavy atom. The second kappa shape index (κ2) is 4.69. The molecule has 0 spiro atoms. The summed E-state index contributed by atoms with van der Waals surface area (Å²) in [6.45, 7) is 1.59. The third-order valence-corrected chi connectivity index (χ3v) is 3.69. The first kappa shape index (κ1) is 10.5. The molecule has 0 amide bonds. The van der Waals surface area contributed by atoms with Gasteiger partial charge in [-0.2, -0.15) is 0 Å². The molecule has 2 aromatic heterocycles. The number of nitrogens with zero attached hydrogens (tertiary/aromatic N) is 1. The third-order valence-electron chi connectivity index (χ3n) is 2.67. The summed E-state index contributed by atoms with van der Waals surface area (Å²) < 4.78 is 6.12. The summed E-state index contributed by atoms with van der Waals surface area (Å²) >= 11 is 1.79. The molecule has 0 atom stereocenters. The Bertz CT molecular complexity index is 601. The van der Waals surface area contributed by atoms with E-state index in [0.29, 0.717) is 0 Å². The summed E-state index contributed by atoms with van der Waals surface area (Å²) in [5, 5.41) is 10.8. The lowest BCUT2D eigenvalue weighted by Gasteiger charge is -2.01. The van der Waals surface area contributed by atoms with Crippen LogP contribution in [0, 0.1) is 0 Å². The number of fused-ring (bicyclic) bond motifs is 1. The van der Waals surface area contributed by atoms with E-state index in [1.807, 2.05) is 6.07 Å². The predicted molar refractivity (Wildman–Crippen MR) is 68.9 cm³/mol. The van der Waals surface area contributed by atoms with Crippen LogP contribution in [-0.4, -0.2) is 5.16 Å². The number of benzene rings is 1. The van der Waals surface area contributed by atoms with Gasteiger partial charge in [0.2, 0.25) is 0 Å². The van der Waals surface area contributed by atoms with Crippen molar-refractivity contribution in [3.05, 3.63) is 53.2 Å². The fourth-order valence-corrected chi connectivity index (χ4v) is 2.79. The Balaban J connectivity index is 1.69. The minimum absolute atomic E-state index is 0.737. The minimum atomic E-state index is 0.737. The van der Waals surface area contributed by atoms with Gasteiger partial charge in [-0.15, -0.1) is 11.3 Å². The third kappa shape index (κ3) is 2.23. The van der Waals surface area contributed by atoms with Gasteiger partial charge >= 0.3 is 0 Å². The quantitative estimate of drug-likeness (QED) is 0.766. The molecule has 0 radical (unpaired) electrons. The van der Waals surface area contributed by atoms with Gasteiger partial charge in [-0.05, 0) is 22.4 Å². The summed E-state index contributed by atoms with van der Waals surface area (Å²) in [6, 6.07) is 10.3. The predicted octanol–water partition coefficient (Wildman–Crippen LogP) is 3.18. The Morgan fingerprint density at radius 2 is 2.12 bits per heavy atom. The molecule has 0 aliphatic rings. The maximum absolute atomic E-state index is 4.78. The van der Waals surface area contributed by atoms with E-state index in [9.17, 15) is 0 Å². The van der Waals surface area contributed by atoms with E-state index in [2.05, 4.69) is 40.1 Å². The zero-order valence-electron chi connectivity index (χ0n) is 9.22. The Hall–Kier alpha value is -1.65. The SMILES string of the molecule is c1ccc2c(CNCc3ccon3)csc2c1. The fraction of sp³-hybridized carbons (Fsp3) is 0.154. The minimum Gasteiger partial charge on any atom is -0.364 e. The smallest absolute Gasteiger partial charge is 0.124 e. The van der Waals surface area contributed by atoms with Crippen molar-refractivity contribution in [2.45, 2.75) is 13.1 Å². The second-order valence-electron chi connectivity index (χ2n) is 3.85. The monoisotopic (exact) mass is 244 g/mol. The summed E-state index contributed by atoms with van der Waals surface area (Å²) in [6.07, 6.45) is 1.59. The van der Waals surface area contributed by atoms with Crippen molar-refractivity contribution >= 4 is 21.4 Å². The molecule has 4 heteroatoms. The van der Waals surface area contributed by atoms with Gasteiger partial charge in [-0.1, -0.05) is 23.4 Å². The van der Waals surface area contributed by atoms with E-state index < -0.39 is 0 Å². The number of hydrogen-bond acceptors (Lipinski definition) is 4. The van der Waals surface area contributed by atoms with Crippen LogP contribution in [0.3, 0.4) is 0 Å². The first-order valence-corrected chi connectivity index (χ1v) is 6.36. The summed E-state index contributed by atoms with van der Waals surface area (Å²) in [5.74, 6) is 0. The van der Waals surface area contributed by atoms with Crippen molar-refractivity contribution in [3.8, 4) is 0 Å². The zero-order chi connectivity index (χ0) is 11.5. The van der Waals surface area contributed by atoms with Crippen molar-refractivity contribution in [1.29, 1.82) is 0 Å². The van der Waals surface area contributed by atoms with Gasteiger partial charge in [-0.3, -0.25) is 0 Å². The highest BCUT2D eigenvalue weighted by Crippen LogP contribution is 2.25. The molecular weight excluding hydrogens is 232 g/mol. The lowest BCUT2D eigenvalue weighted by atomic mass is 10.2. The molecule has 86 valence electrons. The molecule has 0 aliphatic heterocycles. The standard InChI is InChI=1S/C13H12N2OS/c1-2-4-13-12(3-1)10(9-17-13)7-14-8-11-5-6-16-15-11/h1-6,9,14H,7-8H2. The second-order valence-corrected chi connectivity index (χ2v) is 4.76. The Morgan fingerprint density at radius 1 is 1.18 bits per heavy atom. The maximum Gasteiger partial charge on any atom is 0.124 e. The van der Waals surface area contributed by atoms with Crippen LogP contribution in [0.15, 0.2) is 46.5 Å². The molecule has 17 heavy (non-hydrogen) atoms. The van der Waals surface area contributed by atoms with E-state index in [-0.39, 0.29) is 0 Å². The van der Waals surface area contributed by atoms with Crippen LogP contribution in [0.5, 0.6) is 0 Å². The number of hydrogen-bond donors (Lipinski definition) is 1. The summed E-state index contributed by atoms with van der Waals surface area (Å²) in [4.78, 5) is 0. The highest BCUT2D eigenvalue weighted by Gasteiger charge is 2.03. The number of thiophene rings is 1. The van der Waals surface area contributed by atoms with E-state index in [0.717, 1.165) is 18.8 Å². The normalized spacial score (nSPS) is 11.1. The molecule has 1 aromatic carbocycles. The van der Waals surface area contributed by atoms with Gasteiger partial charge < -0.3 is 9.84 Å². The molecule has 0 bridgehead atoms. The first-order chi connectivity index (χ1) is 8.43. The molecule has 0 fully saturated rings. The van der Waals surface area contributed by atoms with Crippen LogP contribution in [-0.2, 0) is 13.1 Å². The lowest BCUT2D eigenvalue weighted by molar-refractivity contribution is 0.408. The summed E-state index contributed by atoms with van der Waals surface area (Å²) in [5.41, 5.74) is 2.28. The largest absolute Gasteiger partial charge is 0.364 e. The van der Waals surface area contributed by atoms with Crippen LogP contribution in [0.2, 0.25) is 0 Å². The van der Waals surface area contributed by atoms with Gasteiger partial charge in [0.15, 0.2) is 0 Å². The molecule has 3 rings (SSSR count). The molecule has 3 nitrogen and oxygen atoms in total. The number of nitrogens with one attached hydrogen (secondary N) is 1. The molecule has 0 unspecified atom stereocenters. The average Bonchev–Trinajstić information content (AvgIpc) is 2.99. The van der Waals surface area contributed by atoms with Crippen LogP contribution in [0.1, 0.15) is 11.3 Å². The highest BCUT2D eigenvalue weighted by molar-refractivity contribution is 7.17. The van der Waals surface area contributed by atoms with Gasteiger partial charge in [0.1, 0.15) is 6.26 Å². The maximum atomic E-state index is 4.78. The first-order valence-electron chi connectivity index (χ1n) is 5.48. The molecule has 2 heterocycles. The topological polar surface area (TPSA) is 38.1 Å². The van der Waals surface area contributed by atoms with Crippen LogP contribution >= 0.6 is 11.3 Å². The molecular formula is C13H12N2OS. The van der Waals surface area contributed by atoms with Crippen molar-refractivity contribution in [3.63, 3.8) is 0 Å². The van der Waals surface area contributed by atoms with Crippen LogP contribution < -0.4 is 5.32 Å². The van der Waals surface area contributed by atoms with Gasteiger partial charge in [0.05, 0.1) is 5.69 Å². The van der Waals surface area contributed by atoms with Crippen LogP contribution in [0.4, 0.5) is 0 Å². The van der Waals surface area contributed by atoms with E-state index in [1.54, 1.807) is 17.6 Å². The van der Waals surface area contributed by atoms with Crippen molar-refractivity contribution in [2.24, 2.45) is 0 Å². The van der Waals surface area contributed by atoms with E-state index in [1.165, 1.54) is 15.6 Å². The summed E-state index contributed by atoms with van der Waals surface area (Å²) in [7, 11) is 0. The molecule has 0 aliphatic carbocycles. The van der Waals surface area contributed by atoms with Crippen LogP contribution in [0.25, 0.3) is 10.1 Å². The van der Waals surface area contributed by atoms with Crippen molar-refractivity contribution in [2.75, 3.05) is 0 Å². The Labute approximate surface area is 103 Å². The zero-order valence-corrected chi connectivity index (χ0v) is 10.0. The molecule has 3 aromatic rings. The molecule has 1 N–H and O–H groups in total.